The minimum absolute atomic E-state index is 0.0727. The summed E-state index contributed by atoms with van der Waals surface area (Å²) in [4.78, 5) is 25.2. The number of fused-ring (bicyclic) bond motifs is 1. The third kappa shape index (κ3) is 2.74. The molecule has 8 heteroatoms. The van der Waals surface area contributed by atoms with E-state index in [1.807, 2.05) is 0 Å². The second kappa shape index (κ2) is 6.56. The fourth-order valence-electron chi connectivity index (χ4n) is 3.58. The Balaban J connectivity index is 1.93. The van der Waals surface area contributed by atoms with Gasteiger partial charge in [-0.3, -0.25) is 4.79 Å². The fourth-order valence-corrected chi connectivity index (χ4v) is 3.58. The molecule has 2 N–H and O–H groups in total. The van der Waals surface area contributed by atoms with Crippen molar-refractivity contribution in [2.75, 3.05) is 5.32 Å². The van der Waals surface area contributed by atoms with Gasteiger partial charge in [-0.05, 0) is 36.8 Å². The molecule has 1 aromatic heterocycles. The molecule has 142 valence electrons. The molecule has 0 radical (unpaired) electrons. The number of aromatic nitrogens is 3. The van der Waals surface area contributed by atoms with E-state index in [9.17, 15) is 19.1 Å². The maximum Gasteiger partial charge on any atom is 0.336 e. The lowest BCUT2D eigenvalue weighted by Crippen LogP contribution is -2.34. The van der Waals surface area contributed by atoms with Gasteiger partial charge in [0.25, 0.3) is 0 Å². The van der Waals surface area contributed by atoms with Gasteiger partial charge in [-0.2, -0.15) is 0 Å². The van der Waals surface area contributed by atoms with Crippen molar-refractivity contribution in [1.82, 2.24) is 14.8 Å². The topological polar surface area (TPSA) is 97.1 Å². The summed E-state index contributed by atoms with van der Waals surface area (Å²) >= 11 is 0. The number of halogens is 1. The lowest BCUT2D eigenvalue weighted by Gasteiger charge is -2.34. The van der Waals surface area contributed by atoms with Gasteiger partial charge < -0.3 is 15.0 Å². The standard InChI is InChI=1S/C20H17FN4O3/c1-10-23-24-19(25(10)2)16-17(11-6-8-12(21)9-7-11)22-14-5-3-4-13(20(27)28)15(14)18(16)26/h3-9,16-17,22H,1-2H3,(H,27,28). The highest BCUT2D eigenvalue weighted by molar-refractivity contribution is 6.14. The van der Waals surface area contributed by atoms with E-state index in [-0.39, 0.29) is 22.7 Å². The molecule has 0 fully saturated rings. The Kier molecular flexibility index (Phi) is 4.18. The highest BCUT2D eigenvalue weighted by atomic mass is 19.1. The number of anilines is 1. The first-order chi connectivity index (χ1) is 13.4. The normalized spacial score (nSPS) is 18.5. The molecular formula is C20H17FN4O3. The Morgan fingerprint density at radius 2 is 1.89 bits per heavy atom. The van der Waals surface area contributed by atoms with Gasteiger partial charge in [-0.15, -0.1) is 10.2 Å². The van der Waals surface area contributed by atoms with Crippen LogP contribution in [0.25, 0.3) is 0 Å². The number of aromatic carboxylic acids is 1. The van der Waals surface area contributed by atoms with Gasteiger partial charge in [0.2, 0.25) is 0 Å². The van der Waals surface area contributed by atoms with Crippen molar-refractivity contribution in [2.24, 2.45) is 7.05 Å². The lowest BCUT2D eigenvalue weighted by atomic mass is 9.80. The second-order valence-corrected chi connectivity index (χ2v) is 6.71. The molecule has 28 heavy (non-hydrogen) atoms. The summed E-state index contributed by atoms with van der Waals surface area (Å²) in [6.45, 7) is 1.76. The van der Waals surface area contributed by atoms with E-state index in [0.29, 0.717) is 22.9 Å². The second-order valence-electron chi connectivity index (χ2n) is 6.71. The molecule has 0 spiro atoms. The molecule has 0 bridgehead atoms. The van der Waals surface area contributed by atoms with E-state index in [1.165, 1.54) is 18.2 Å². The van der Waals surface area contributed by atoms with E-state index in [1.54, 1.807) is 42.8 Å². The third-order valence-electron chi connectivity index (χ3n) is 5.10. The number of carbonyl (C=O) groups excluding carboxylic acids is 1. The number of aryl methyl sites for hydroxylation is 1. The van der Waals surface area contributed by atoms with Gasteiger partial charge in [0.1, 0.15) is 23.4 Å². The van der Waals surface area contributed by atoms with Crippen molar-refractivity contribution in [2.45, 2.75) is 18.9 Å². The minimum Gasteiger partial charge on any atom is -0.478 e. The largest absolute Gasteiger partial charge is 0.478 e. The van der Waals surface area contributed by atoms with Crippen LogP contribution >= 0.6 is 0 Å². The van der Waals surface area contributed by atoms with Crippen LogP contribution in [0.1, 0.15) is 49.9 Å². The van der Waals surface area contributed by atoms with E-state index < -0.39 is 17.9 Å². The molecule has 1 aliphatic heterocycles. The molecule has 1 aliphatic rings. The average molecular weight is 380 g/mol. The molecule has 2 aromatic carbocycles. The van der Waals surface area contributed by atoms with E-state index >= 15 is 0 Å². The zero-order valence-electron chi connectivity index (χ0n) is 15.2. The summed E-state index contributed by atoms with van der Waals surface area (Å²) in [5.74, 6) is -1.71. The predicted octanol–water partition coefficient (Wildman–Crippen LogP) is 3.09. The molecular weight excluding hydrogens is 363 g/mol. The molecule has 0 saturated carbocycles. The van der Waals surface area contributed by atoms with Gasteiger partial charge in [0, 0.05) is 12.7 Å². The molecule has 2 heterocycles. The van der Waals surface area contributed by atoms with Gasteiger partial charge in [0.05, 0.1) is 17.2 Å². The summed E-state index contributed by atoms with van der Waals surface area (Å²) in [6.07, 6.45) is 0. The van der Waals surface area contributed by atoms with Crippen molar-refractivity contribution in [1.29, 1.82) is 0 Å². The number of nitrogens with zero attached hydrogens (tertiary/aromatic N) is 3. The van der Waals surface area contributed by atoms with Crippen molar-refractivity contribution < 1.29 is 19.1 Å². The summed E-state index contributed by atoms with van der Waals surface area (Å²) in [7, 11) is 1.75. The Morgan fingerprint density at radius 1 is 1.18 bits per heavy atom. The number of carboxylic acid groups (broad SMARTS) is 1. The number of Topliss-reactive ketones (excluding diaryl/α,β-unsaturated/α-hetero) is 1. The molecule has 0 aliphatic carbocycles. The van der Waals surface area contributed by atoms with Crippen LogP contribution in [0.5, 0.6) is 0 Å². The zero-order valence-corrected chi connectivity index (χ0v) is 15.2. The summed E-state index contributed by atoms with van der Waals surface area (Å²) in [6, 6.07) is 9.94. The molecule has 2 unspecified atom stereocenters. The number of benzene rings is 2. The van der Waals surface area contributed by atoms with Crippen LogP contribution in [0, 0.1) is 12.7 Å². The first kappa shape index (κ1) is 17.8. The van der Waals surface area contributed by atoms with Crippen LogP contribution in [0.3, 0.4) is 0 Å². The molecule has 2 atom stereocenters. The van der Waals surface area contributed by atoms with Crippen LogP contribution in [0.2, 0.25) is 0 Å². The Labute approximate surface area is 159 Å². The van der Waals surface area contributed by atoms with Crippen molar-refractivity contribution >= 4 is 17.4 Å². The van der Waals surface area contributed by atoms with Gasteiger partial charge in [0.15, 0.2) is 5.78 Å². The number of hydrogen-bond acceptors (Lipinski definition) is 5. The summed E-state index contributed by atoms with van der Waals surface area (Å²) in [5, 5.41) is 21.0. The number of carbonyl (C=O) groups is 2. The third-order valence-corrected chi connectivity index (χ3v) is 5.10. The van der Waals surface area contributed by atoms with Crippen LogP contribution in [-0.4, -0.2) is 31.6 Å². The number of hydrogen-bond donors (Lipinski definition) is 2. The number of ketones is 1. The van der Waals surface area contributed by atoms with Crippen LogP contribution in [-0.2, 0) is 7.05 Å². The maximum atomic E-state index is 13.5. The predicted molar refractivity (Wildman–Crippen MR) is 99.0 cm³/mol. The molecule has 4 rings (SSSR count). The summed E-state index contributed by atoms with van der Waals surface area (Å²) < 4.78 is 15.1. The monoisotopic (exact) mass is 380 g/mol. The SMILES string of the molecule is Cc1nnc(C2C(=O)c3c(cccc3C(=O)O)NC2c2ccc(F)cc2)n1C. The summed E-state index contributed by atoms with van der Waals surface area (Å²) in [5.41, 5.74) is 1.15. The highest BCUT2D eigenvalue weighted by Gasteiger charge is 2.42. The number of carboxylic acids is 1. The smallest absolute Gasteiger partial charge is 0.336 e. The van der Waals surface area contributed by atoms with Crippen molar-refractivity contribution in [3.05, 3.63) is 76.6 Å². The average Bonchev–Trinajstić information content (AvgIpc) is 3.00. The van der Waals surface area contributed by atoms with E-state index in [0.717, 1.165) is 0 Å². The molecule has 0 amide bonds. The Hall–Kier alpha value is -3.55. The van der Waals surface area contributed by atoms with Gasteiger partial charge in [-0.25, -0.2) is 9.18 Å². The quantitative estimate of drug-likeness (QED) is 0.725. The van der Waals surface area contributed by atoms with Crippen molar-refractivity contribution in [3.63, 3.8) is 0 Å². The van der Waals surface area contributed by atoms with Gasteiger partial charge >= 0.3 is 5.97 Å². The lowest BCUT2D eigenvalue weighted by molar-refractivity contribution is 0.0690. The van der Waals surface area contributed by atoms with Crippen LogP contribution < -0.4 is 5.32 Å². The van der Waals surface area contributed by atoms with Gasteiger partial charge in [-0.1, -0.05) is 18.2 Å². The highest BCUT2D eigenvalue weighted by Crippen LogP contribution is 2.42. The maximum absolute atomic E-state index is 13.5. The molecule has 0 saturated heterocycles. The van der Waals surface area contributed by atoms with Crippen LogP contribution in [0.15, 0.2) is 42.5 Å². The number of nitrogens with one attached hydrogen (secondary N) is 1. The molecule has 7 nitrogen and oxygen atoms in total. The first-order valence-electron chi connectivity index (χ1n) is 8.67. The molecule has 3 aromatic rings. The van der Waals surface area contributed by atoms with E-state index in [2.05, 4.69) is 15.5 Å². The van der Waals surface area contributed by atoms with Crippen molar-refractivity contribution in [3.8, 4) is 0 Å². The first-order valence-corrected chi connectivity index (χ1v) is 8.67. The Morgan fingerprint density at radius 3 is 2.50 bits per heavy atom. The minimum atomic E-state index is -1.18. The van der Waals surface area contributed by atoms with Crippen LogP contribution in [0.4, 0.5) is 10.1 Å². The number of rotatable bonds is 3. The fraction of sp³-hybridized carbons (Fsp3) is 0.200. The van der Waals surface area contributed by atoms with E-state index in [4.69, 9.17) is 0 Å². The Bertz CT molecular complexity index is 1090. The zero-order chi connectivity index (χ0) is 20.0.